The minimum absolute atomic E-state index is 0.138. The minimum Gasteiger partial charge on any atom is -0.484 e. The summed E-state index contributed by atoms with van der Waals surface area (Å²) in [4.78, 5) is 19.8. The molecule has 0 saturated heterocycles. The predicted molar refractivity (Wildman–Crippen MR) is 107 cm³/mol. The van der Waals surface area contributed by atoms with Crippen LogP contribution in [0.3, 0.4) is 0 Å². The van der Waals surface area contributed by atoms with E-state index in [9.17, 15) is 9.18 Å². The molecule has 0 aliphatic carbocycles. The summed E-state index contributed by atoms with van der Waals surface area (Å²) >= 11 is 0. The molecule has 1 amide bonds. The molecule has 0 atom stereocenters. The van der Waals surface area contributed by atoms with Gasteiger partial charge in [-0.2, -0.15) is 0 Å². The lowest BCUT2D eigenvalue weighted by atomic mass is 10.2. The lowest BCUT2D eigenvalue weighted by Gasteiger charge is -2.08. The summed E-state index contributed by atoms with van der Waals surface area (Å²) in [7, 11) is 0. The monoisotopic (exact) mass is 375 g/mol. The van der Waals surface area contributed by atoms with E-state index in [0.717, 1.165) is 22.4 Å². The Balaban J connectivity index is 1.38. The van der Waals surface area contributed by atoms with E-state index in [-0.39, 0.29) is 18.3 Å². The van der Waals surface area contributed by atoms with E-state index in [1.165, 1.54) is 29.8 Å². The molecule has 2 N–H and O–H groups in total. The van der Waals surface area contributed by atoms with Crippen molar-refractivity contribution in [2.45, 2.75) is 6.92 Å². The summed E-state index contributed by atoms with van der Waals surface area (Å²) in [5.41, 5.74) is 4.53. The van der Waals surface area contributed by atoms with Crippen molar-refractivity contribution >= 4 is 22.6 Å². The van der Waals surface area contributed by atoms with Crippen LogP contribution in [-0.4, -0.2) is 22.5 Å². The van der Waals surface area contributed by atoms with Crippen molar-refractivity contribution in [3.63, 3.8) is 0 Å². The molecule has 0 unspecified atom stereocenters. The van der Waals surface area contributed by atoms with Gasteiger partial charge in [-0.25, -0.2) is 9.37 Å². The fourth-order valence-corrected chi connectivity index (χ4v) is 2.85. The maximum atomic E-state index is 12.9. The number of amides is 1. The molecule has 4 rings (SSSR count). The van der Waals surface area contributed by atoms with Gasteiger partial charge in [-0.1, -0.05) is 6.07 Å². The largest absolute Gasteiger partial charge is 0.484 e. The molecule has 1 aromatic heterocycles. The maximum Gasteiger partial charge on any atom is 0.262 e. The van der Waals surface area contributed by atoms with Crippen LogP contribution in [0.4, 0.5) is 10.1 Å². The van der Waals surface area contributed by atoms with Crippen molar-refractivity contribution in [1.29, 1.82) is 0 Å². The first kappa shape index (κ1) is 17.7. The molecule has 0 spiro atoms. The van der Waals surface area contributed by atoms with Gasteiger partial charge >= 0.3 is 0 Å². The van der Waals surface area contributed by atoms with Crippen LogP contribution in [0.5, 0.6) is 5.75 Å². The topological polar surface area (TPSA) is 67.0 Å². The van der Waals surface area contributed by atoms with Gasteiger partial charge < -0.3 is 15.0 Å². The molecule has 3 aromatic carbocycles. The number of halogens is 1. The first-order valence-electron chi connectivity index (χ1n) is 8.82. The summed E-state index contributed by atoms with van der Waals surface area (Å²) in [6, 6.07) is 19.0. The summed E-state index contributed by atoms with van der Waals surface area (Å²) < 4.78 is 18.4. The van der Waals surface area contributed by atoms with Crippen LogP contribution in [0.2, 0.25) is 0 Å². The van der Waals surface area contributed by atoms with Crippen LogP contribution in [0, 0.1) is 12.7 Å². The van der Waals surface area contributed by atoms with Gasteiger partial charge in [0.15, 0.2) is 6.61 Å². The molecule has 0 bridgehead atoms. The first-order chi connectivity index (χ1) is 13.6. The maximum absolute atomic E-state index is 12.9. The van der Waals surface area contributed by atoms with Crippen molar-refractivity contribution in [2.24, 2.45) is 0 Å². The SMILES string of the molecule is Cc1ccc2nc(-c3ccc(OCC(=O)Nc4ccc(F)cc4)cc3)[nH]c2c1. The molecular formula is C22H18FN3O2. The number of hydrogen-bond donors (Lipinski definition) is 2. The number of aromatic amines is 1. The van der Waals surface area contributed by atoms with E-state index < -0.39 is 0 Å². The molecule has 0 fully saturated rings. The third kappa shape index (κ3) is 4.01. The molecule has 1 heterocycles. The van der Waals surface area contributed by atoms with Crippen LogP contribution < -0.4 is 10.1 Å². The summed E-state index contributed by atoms with van der Waals surface area (Å²) in [6.07, 6.45) is 0. The fourth-order valence-electron chi connectivity index (χ4n) is 2.85. The zero-order valence-electron chi connectivity index (χ0n) is 15.2. The Labute approximate surface area is 161 Å². The highest BCUT2D eigenvalue weighted by Crippen LogP contribution is 2.23. The van der Waals surface area contributed by atoms with Gasteiger partial charge in [-0.3, -0.25) is 4.79 Å². The highest BCUT2D eigenvalue weighted by molar-refractivity contribution is 5.91. The van der Waals surface area contributed by atoms with Crippen LogP contribution in [0.15, 0.2) is 66.7 Å². The molecule has 0 aliphatic heterocycles. The molecule has 28 heavy (non-hydrogen) atoms. The molecule has 0 radical (unpaired) electrons. The minimum atomic E-state index is -0.353. The van der Waals surface area contributed by atoms with Crippen molar-refractivity contribution < 1.29 is 13.9 Å². The Morgan fingerprint density at radius 1 is 1.07 bits per heavy atom. The number of aromatic nitrogens is 2. The van der Waals surface area contributed by atoms with Crippen molar-refractivity contribution in [1.82, 2.24) is 9.97 Å². The number of nitrogens with one attached hydrogen (secondary N) is 2. The van der Waals surface area contributed by atoms with E-state index >= 15 is 0 Å². The van der Waals surface area contributed by atoms with E-state index in [1.54, 1.807) is 12.1 Å². The Kier molecular flexibility index (Phi) is 4.76. The number of rotatable bonds is 5. The van der Waals surface area contributed by atoms with Gasteiger partial charge in [0.1, 0.15) is 17.4 Å². The number of imidazole rings is 1. The summed E-state index contributed by atoms with van der Waals surface area (Å²) in [6.45, 7) is 1.90. The fraction of sp³-hybridized carbons (Fsp3) is 0.0909. The van der Waals surface area contributed by atoms with Gasteiger partial charge in [0.25, 0.3) is 5.91 Å². The number of anilines is 1. The van der Waals surface area contributed by atoms with Gasteiger partial charge in [-0.05, 0) is 73.2 Å². The average molecular weight is 375 g/mol. The Morgan fingerprint density at radius 3 is 2.57 bits per heavy atom. The van der Waals surface area contributed by atoms with E-state index in [1.807, 2.05) is 31.2 Å². The molecule has 140 valence electrons. The number of carbonyl (C=O) groups is 1. The number of H-pyrrole nitrogens is 1. The van der Waals surface area contributed by atoms with E-state index in [2.05, 4.69) is 21.4 Å². The van der Waals surface area contributed by atoms with Crippen LogP contribution in [0.25, 0.3) is 22.4 Å². The lowest BCUT2D eigenvalue weighted by Crippen LogP contribution is -2.20. The smallest absolute Gasteiger partial charge is 0.262 e. The van der Waals surface area contributed by atoms with Crippen molar-refractivity contribution in [3.8, 4) is 17.1 Å². The number of hydrogen-bond acceptors (Lipinski definition) is 3. The molecular weight excluding hydrogens is 357 g/mol. The Hall–Kier alpha value is -3.67. The number of fused-ring (bicyclic) bond motifs is 1. The second-order valence-corrected chi connectivity index (χ2v) is 6.47. The normalized spacial score (nSPS) is 10.8. The Morgan fingerprint density at radius 2 is 1.82 bits per heavy atom. The number of carbonyl (C=O) groups excluding carboxylic acids is 1. The predicted octanol–water partition coefficient (Wildman–Crippen LogP) is 4.69. The zero-order valence-corrected chi connectivity index (χ0v) is 15.2. The van der Waals surface area contributed by atoms with E-state index in [0.29, 0.717) is 11.4 Å². The van der Waals surface area contributed by atoms with Gasteiger partial charge in [0.05, 0.1) is 11.0 Å². The van der Waals surface area contributed by atoms with Crippen LogP contribution >= 0.6 is 0 Å². The molecule has 0 saturated carbocycles. The number of benzene rings is 3. The first-order valence-corrected chi connectivity index (χ1v) is 8.82. The molecule has 5 nitrogen and oxygen atoms in total. The molecule has 0 aliphatic rings. The number of ether oxygens (including phenoxy) is 1. The van der Waals surface area contributed by atoms with Crippen LogP contribution in [0.1, 0.15) is 5.56 Å². The highest BCUT2D eigenvalue weighted by Gasteiger charge is 2.07. The quantitative estimate of drug-likeness (QED) is 0.532. The third-order valence-corrected chi connectivity index (χ3v) is 4.26. The van der Waals surface area contributed by atoms with Crippen molar-refractivity contribution in [2.75, 3.05) is 11.9 Å². The second-order valence-electron chi connectivity index (χ2n) is 6.47. The van der Waals surface area contributed by atoms with E-state index in [4.69, 9.17) is 4.74 Å². The van der Waals surface area contributed by atoms with Gasteiger partial charge in [-0.15, -0.1) is 0 Å². The second kappa shape index (κ2) is 7.52. The number of nitrogens with zero attached hydrogens (tertiary/aromatic N) is 1. The summed E-state index contributed by atoms with van der Waals surface area (Å²) in [5, 5.41) is 2.65. The lowest BCUT2D eigenvalue weighted by molar-refractivity contribution is -0.118. The Bertz CT molecular complexity index is 1120. The van der Waals surface area contributed by atoms with Crippen LogP contribution in [-0.2, 0) is 4.79 Å². The molecule has 4 aromatic rings. The van der Waals surface area contributed by atoms with Gasteiger partial charge in [0.2, 0.25) is 0 Å². The highest BCUT2D eigenvalue weighted by atomic mass is 19.1. The standard InChI is InChI=1S/C22H18FN3O2/c1-14-2-11-19-20(12-14)26-22(25-19)15-3-9-18(10-4-15)28-13-21(27)24-17-7-5-16(23)6-8-17/h2-12H,13H2,1H3,(H,24,27)(H,25,26). The average Bonchev–Trinajstić information content (AvgIpc) is 3.12. The van der Waals surface area contributed by atoms with Crippen molar-refractivity contribution in [3.05, 3.63) is 78.1 Å². The zero-order chi connectivity index (χ0) is 19.5. The van der Waals surface area contributed by atoms with Gasteiger partial charge in [0, 0.05) is 11.3 Å². The third-order valence-electron chi connectivity index (χ3n) is 4.26. The summed E-state index contributed by atoms with van der Waals surface area (Å²) in [5.74, 6) is 0.684. The number of aryl methyl sites for hydroxylation is 1. The molecule has 6 heteroatoms.